The van der Waals surface area contributed by atoms with Crippen molar-refractivity contribution in [2.45, 2.75) is 31.2 Å². The Labute approximate surface area is 168 Å². The quantitative estimate of drug-likeness (QED) is 0.786. The average Bonchev–Trinajstić information content (AvgIpc) is 2.91. The van der Waals surface area contributed by atoms with Gasteiger partial charge in [0.1, 0.15) is 0 Å². The minimum atomic E-state index is 0.00981. The summed E-state index contributed by atoms with van der Waals surface area (Å²) in [6.45, 7) is 3.17. The Morgan fingerprint density at radius 2 is 1.93 bits per heavy atom. The number of nitrogens with zero attached hydrogens (tertiary/aromatic N) is 4. The van der Waals surface area contributed by atoms with Gasteiger partial charge in [0.2, 0.25) is 5.89 Å². The molecule has 1 amide bonds. The van der Waals surface area contributed by atoms with Crippen molar-refractivity contribution >= 4 is 23.5 Å². The summed E-state index contributed by atoms with van der Waals surface area (Å²) < 4.78 is 11.4. The zero-order valence-corrected chi connectivity index (χ0v) is 16.3. The summed E-state index contributed by atoms with van der Waals surface area (Å²) in [6, 6.07) is 7.08. The lowest BCUT2D eigenvalue weighted by Crippen LogP contribution is -2.46. The van der Waals surface area contributed by atoms with E-state index in [2.05, 4.69) is 15.0 Å². The van der Waals surface area contributed by atoms with Crippen LogP contribution in [-0.2, 0) is 4.74 Å². The van der Waals surface area contributed by atoms with Crippen molar-refractivity contribution in [2.75, 3.05) is 37.7 Å². The second kappa shape index (κ2) is 7.37. The Morgan fingerprint density at radius 3 is 2.68 bits per heavy atom. The maximum atomic E-state index is 13.1. The number of anilines is 1. The molecule has 2 aromatic rings. The monoisotopic (exact) mass is 402 g/mol. The third kappa shape index (κ3) is 3.37. The van der Waals surface area contributed by atoms with Crippen LogP contribution in [0.15, 0.2) is 28.8 Å². The van der Waals surface area contributed by atoms with Gasteiger partial charge < -0.3 is 19.1 Å². The molecule has 0 N–H and O–H groups in total. The molecule has 28 heavy (non-hydrogen) atoms. The summed E-state index contributed by atoms with van der Waals surface area (Å²) in [6.07, 6.45) is 3.48. The van der Waals surface area contributed by atoms with Gasteiger partial charge in [-0.15, -0.1) is 0 Å². The van der Waals surface area contributed by atoms with Crippen molar-refractivity contribution in [3.05, 3.63) is 40.7 Å². The van der Waals surface area contributed by atoms with Crippen LogP contribution in [0.2, 0.25) is 5.02 Å². The number of hydrogen-bond acceptors (Lipinski definition) is 6. The van der Waals surface area contributed by atoms with Crippen molar-refractivity contribution in [3.63, 3.8) is 0 Å². The molecule has 1 aliphatic carbocycles. The molecule has 5 rings (SSSR count). The number of hydrogen-bond donors (Lipinski definition) is 0. The molecular formula is C20H23ClN4O3. The molecule has 2 atom stereocenters. The van der Waals surface area contributed by atoms with E-state index < -0.39 is 0 Å². The first-order chi connectivity index (χ1) is 13.7. The van der Waals surface area contributed by atoms with E-state index in [-0.39, 0.29) is 17.9 Å². The lowest BCUT2D eigenvalue weighted by Gasteiger charge is -2.30. The van der Waals surface area contributed by atoms with Gasteiger partial charge in [0.25, 0.3) is 11.9 Å². The van der Waals surface area contributed by atoms with E-state index in [0.29, 0.717) is 48.8 Å². The molecule has 1 saturated carbocycles. The van der Waals surface area contributed by atoms with E-state index in [4.69, 9.17) is 20.9 Å². The number of carbonyl (C=O) groups is 1. The SMILES string of the molecule is O=C(c1ccc(Cl)cc1)N1C[C@@H]2COC[C@H](C1)N(c1noc(C3CCC3)n1)C2. The lowest BCUT2D eigenvalue weighted by molar-refractivity contribution is 0.0496. The van der Waals surface area contributed by atoms with Gasteiger partial charge in [-0.05, 0) is 42.3 Å². The highest BCUT2D eigenvalue weighted by molar-refractivity contribution is 6.30. The van der Waals surface area contributed by atoms with Gasteiger partial charge in [0.05, 0.1) is 19.3 Å². The van der Waals surface area contributed by atoms with Crippen LogP contribution in [0.4, 0.5) is 5.95 Å². The lowest BCUT2D eigenvalue weighted by atomic mass is 9.85. The highest BCUT2D eigenvalue weighted by atomic mass is 35.5. The van der Waals surface area contributed by atoms with Crippen molar-refractivity contribution < 1.29 is 14.1 Å². The second-order valence-electron chi connectivity index (χ2n) is 7.99. The van der Waals surface area contributed by atoms with Crippen LogP contribution in [0, 0.1) is 5.92 Å². The molecule has 1 aromatic carbocycles. The maximum absolute atomic E-state index is 13.1. The van der Waals surface area contributed by atoms with E-state index in [1.165, 1.54) is 6.42 Å². The fraction of sp³-hybridized carbons (Fsp3) is 0.550. The molecule has 0 spiro atoms. The summed E-state index contributed by atoms with van der Waals surface area (Å²) >= 11 is 5.96. The zero-order valence-electron chi connectivity index (χ0n) is 15.6. The number of fused-ring (bicyclic) bond motifs is 3. The zero-order chi connectivity index (χ0) is 19.1. The molecule has 3 fully saturated rings. The number of halogens is 1. The van der Waals surface area contributed by atoms with Crippen LogP contribution in [0.1, 0.15) is 41.4 Å². The van der Waals surface area contributed by atoms with Gasteiger partial charge in [-0.25, -0.2) is 0 Å². The highest BCUT2D eigenvalue weighted by Gasteiger charge is 2.38. The third-order valence-corrected chi connectivity index (χ3v) is 6.24. The molecule has 1 aromatic heterocycles. The fourth-order valence-corrected chi connectivity index (χ4v) is 4.32. The largest absolute Gasteiger partial charge is 0.379 e. The predicted molar refractivity (Wildman–Crippen MR) is 104 cm³/mol. The Kier molecular flexibility index (Phi) is 4.72. The molecule has 148 valence electrons. The second-order valence-corrected chi connectivity index (χ2v) is 8.42. The van der Waals surface area contributed by atoms with Gasteiger partial charge in [-0.1, -0.05) is 18.0 Å². The number of amides is 1. The smallest absolute Gasteiger partial charge is 0.266 e. The fourth-order valence-electron chi connectivity index (χ4n) is 4.19. The molecular weight excluding hydrogens is 380 g/mol. The summed E-state index contributed by atoms with van der Waals surface area (Å²) in [4.78, 5) is 21.8. The molecule has 0 unspecified atom stereocenters. The number of benzene rings is 1. The van der Waals surface area contributed by atoms with Crippen molar-refractivity contribution in [1.82, 2.24) is 15.0 Å². The molecule has 2 bridgehead atoms. The maximum Gasteiger partial charge on any atom is 0.266 e. The highest BCUT2D eigenvalue weighted by Crippen LogP contribution is 2.36. The van der Waals surface area contributed by atoms with E-state index in [0.717, 1.165) is 25.3 Å². The molecule has 0 radical (unpaired) electrons. The third-order valence-electron chi connectivity index (χ3n) is 5.99. The first-order valence-corrected chi connectivity index (χ1v) is 10.3. The van der Waals surface area contributed by atoms with Crippen LogP contribution in [0.3, 0.4) is 0 Å². The Bertz CT molecular complexity index is 851. The van der Waals surface area contributed by atoms with Crippen LogP contribution < -0.4 is 4.90 Å². The summed E-state index contributed by atoms with van der Waals surface area (Å²) in [5.74, 6) is 2.01. The van der Waals surface area contributed by atoms with Gasteiger partial charge in [-0.2, -0.15) is 4.98 Å². The Hall–Kier alpha value is -2.12. The molecule has 2 aliphatic heterocycles. The normalized spacial score (nSPS) is 25.3. The summed E-state index contributed by atoms with van der Waals surface area (Å²) in [5.41, 5.74) is 0.656. The van der Waals surface area contributed by atoms with Crippen LogP contribution in [0.5, 0.6) is 0 Å². The van der Waals surface area contributed by atoms with Crippen LogP contribution >= 0.6 is 11.6 Å². The number of ether oxygens (including phenoxy) is 1. The van der Waals surface area contributed by atoms with Gasteiger partial charge in [0, 0.05) is 42.1 Å². The molecule has 3 aliphatic rings. The number of aromatic nitrogens is 2. The number of carbonyl (C=O) groups excluding carboxylic acids is 1. The number of rotatable bonds is 3. The van der Waals surface area contributed by atoms with Gasteiger partial charge >= 0.3 is 0 Å². The predicted octanol–water partition coefficient (Wildman–Crippen LogP) is 2.97. The van der Waals surface area contributed by atoms with Crippen LogP contribution in [-0.4, -0.2) is 59.8 Å². The van der Waals surface area contributed by atoms with Crippen LogP contribution in [0.25, 0.3) is 0 Å². The first-order valence-electron chi connectivity index (χ1n) is 9.90. The minimum Gasteiger partial charge on any atom is -0.379 e. The molecule has 7 nitrogen and oxygen atoms in total. The summed E-state index contributed by atoms with van der Waals surface area (Å²) in [5, 5.41) is 4.88. The summed E-state index contributed by atoms with van der Waals surface area (Å²) in [7, 11) is 0. The molecule has 3 heterocycles. The Balaban J connectivity index is 1.37. The van der Waals surface area contributed by atoms with E-state index in [1.54, 1.807) is 24.3 Å². The molecule has 8 heteroatoms. The first kappa shape index (κ1) is 17.9. The van der Waals surface area contributed by atoms with Crippen molar-refractivity contribution in [3.8, 4) is 0 Å². The van der Waals surface area contributed by atoms with Gasteiger partial charge in [-0.3, -0.25) is 4.79 Å². The van der Waals surface area contributed by atoms with Crippen molar-refractivity contribution in [2.24, 2.45) is 5.92 Å². The minimum absolute atomic E-state index is 0.00981. The van der Waals surface area contributed by atoms with E-state index >= 15 is 0 Å². The van der Waals surface area contributed by atoms with Gasteiger partial charge in [0.15, 0.2) is 0 Å². The average molecular weight is 403 g/mol. The standard InChI is InChI=1S/C20H23ClN4O3/c21-16-6-4-15(5-7-16)19(26)24-8-13-9-25(17(10-24)12-27-11-13)20-22-18(28-23-20)14-2-1-3-14/h4-7,13-14,17H,1-3,8-12H2/t13-,17-/m0/s1. The van der Waals surface area contributed by atoms with Crippen molar-refractivity contribution in [1.29, 1.82) is 0 Å². The van der Waals surface area contributed by atoms with E-state index in [1.807, 2.05) is 4.90 Å². The molecule has 2 saturated heterocycles. The Morgan fingerprint density at radius 1 is 1.11 bits per heavy atom. The topological polar surface area (TPSA) is 71.7 Å². The van der Waals surface area contributed by atoms with E-state index in [9.17, 15) is 4.79 Å².